The van der Waals surface area contributed by atoms with E-state index in [2.05, 4.69) is 6.07 Å². The minimum atomic E-state index is -3.19. The smallest absolute Gasteiger partial charge is 0.179 e. The lowest BCUT2D eigenvalue weighted by atomic mass is 9.93. The van der Waals surface area contributed by atoms with E-state index in [9.17, 15) is 13.2 Å². The van der Waals surface area contributed by atoms with Crippen LogP contribution < -0.4 is 0 Å². The van der Waals surface area contributed by atoms with Gasteiger partial charge in [-0.15, -0.1) is 0 Å². The number of fused-ring (bicyclic) bond motifs is 3. The van der Waals surface area contributed by atoms with E-state index in [1.807, 2.05) is 35.9 Å². The average Bonchev–Trinajstić information content (AvgIpc) is 2.88. The average molecular weight is 353 g/mol. The second-order valence-corrected chi connectivity index (χ2v) is 8.71. The van der Waals surface area contributed by atoms with Gasteiger partial charge in [-0.2, -0.15) is 0 Å². The number of benzene rings is 2. The van der Waals surface area contributed by atoms with Crippen molar-refractivity contribution in [3.05, 3.63) is 53.7 Å². The molecule has 0 saturated carbocycles. The second kappa shape index (κ2) is 5.56. The third-order valence-electron chi connectivity index (χ3n) is 5.01. The second-order valence-electron chi connectivity index (χ2n) is 6.69. The van der Waals surface area contributed by atoms with Gasteiger partial charge in [0.2, 0.25) is 0 Å². The molecule has 0 N–H and O–H groups in total. The molecule has 4 nitrogen and oxygen atoms in total. The number of Topliss-reactive ketones (excluding diaryl/α,β-unsaturated/α-hetero) is 1. The third-order valence-corrected chi connectivity index (χ3v) is 6.14. The van der Waals surface area contributed by atoms with Crippen molar-refractivity contribution in [1.29, 1.82) is 0 Å². The van der Waals surface area contributed by atoms with Gasteiger partial charge in [-0.1, -0.05) is 18.2 Å². The quantitative estimate of drug-likeness (QED) is 0.705. The molecule has 0 amide bonds. The summed E-state index contributed by atoms with van der Waals surface area (Å²) in [5, 5.41) is 1.12. The minimum absolute atomic E-state index is 0.221. The van der Waals surface area contributed by atoms with Gasteiger partial charge in [0.1, 0.15) is 0 Å². The summed E-state index contributed by atoms with van der Waals surface area (Å²) in [4.78, 5) is 12.6. The molecule has 0 unspecified atom stereocenters. The molecule has 1 aromatic heterocycles. The Labute approximate surface area is 147 Å². The number of aromatic nitrogens is 1. The van der Waals surface area contributed by atoms with Gasteiger partial charge in [0, 0.05) is 30.6 Å². The SMILES string of the molecule is Cn1c2c(c3cc(-c4ccc(S(C)(=O)=O)cc4)ccc31)CCCC2=O. The van der Waals surface area contributed by atoms with Crippen LogP contribution in [0.4, 0.5) is 0 Å². The Morgan fingerprint density at radius 3 is 2.32 bits per heavy atom. The van der Waals surface area contributed by atoms with Crippen LogP contribution in [0.3, 0.4) is 0 Å². The van der Waals surface area contributed by atoms with Crippen LogP contribution in [0.15, 0.2) is 47.4 Å². The molecule has 0 bridgehead atoms. The summed E-state index contributed by atoms with van der Waals surface area (Å²) >= 11 is 0. The first kappa shape index (κ1) is 16.1. The number of hydrogen-bond donors (Lipinski definition) is 0. The van der Waals surface area contributed by atoms with E-state index >= 15 is 0 Å². The predicted octanol–water partition coefficient (Wildman–Crippen LogP) is 3.77. The molecule has 1 aliphatic carbocycles. The monoisotopic (exact) mass is 353 g/mol. The number of nitrogens with zero attached hydrogens (tertiary/aromatic N) is 1. The van der Waals surface area contributed by atoms with Crippen LogP contribution in [-0.4, -0.2) is 25.0 Å². The third kappa shape index (κ3) is 2.59. The standard InChI is InChI=1S/C20H19NO3S/c1-21-18-11-8-14(13-6-9-15(10-7-13)25(2,23)24)12-17(18)16-4-3-5-19(22)20(16)21/h6-12H,3-5H2,1-2H3. The van der Waals surface area contributed by atoms with Gasteiger partial charge in [0.15, 0.2) is 15.6 Å². The van der Waals surface area contributed by atoms with E-state index < -0.39 is 9.84 Å². The molecule has 25 heavy (non-hydrogen) atoms. The Morgan fingerprint density at radius 1 is 0.960 bits per heavy atom. The summed E-state index contributed by atoms with van der Waals surface area (Å²) in [5.74, 6) is 0.221. The summed E-state index contributed by atoms with van der Waals surface area (Å²) < 4.78 is 25.2. The number of aryl methyl sites for hydroxylation is 2. The van der Waals surface area contributed by atoms with E-state index in [1.165, 1.54) is 6.26 Å². The van der Waals surface area contributed by atoms with Crippen molar-refractivity contribution in [2.24, 2.45) is 7.05 Å². The van der Waals surface area contributed by atoms with E-state index in [-0.39, 0.29) is 5.78 Å². The fraction of sp³-hybridized carbons (Fsp3) is 0.250. The maximum atomic E-state index is 12.3. The van der Waals surface area contributed by atoms with Gasteiger partial charge < -0.3 is 4.57 Å². The molecular formula is C20H19NO3S. The van der Waals surface area contributed by atoms with E-state index in [0.29, 0.717) is 11.3 Å². The normalized spacial score (nSPS) is 14.7. The number of carbonyl (C=O) groups is 1. The first-order chi connectivity index (χ1) is 11.9. The zero-order valence-electron chi connectivity index (χ0n) is 14.2. The van der Waals surface area contributed by atoms with E-state index in [4.69, 9.17) is 0 Å². The first-order valence-corrected chi connectivity index (χ1v) is 10.2. The highest BCUT2D eigenvalue weighted by molar-refractivity contribution is 7.90. The Kier molecular flexibility index (Phi) is 3.58. The van der Waals surface area contributed by atoms with Crippen LogP contribution in [0, 0.1) is 0 Å². The van der Waals surface area contributed by atoms with Crippen LogP contribution in [0.5, 0.6) is 0 Å². The first-order valence-electron chi connectivity index (χ1n) is 8.31. The molecule has 0 aliphatic heterocycles. The van der Waals surface area contributed by atoms with Gasteiger partial charge in [0.05, 0.1) is 10.6 Å². The maximum Gasteiger partial charge on any atom is 0.179 e. The number of hydrogen-bond acceptors (Lipinski definition) is 3. The zero-order valence-corrected chi connectivity index (χ0v) is 15.1. The lowest BCUT2D eigenvalue weighted by Gasteiger charge is -2.11. The highest BCUT2D eigenvalue weighted by Gasteiger charge is 2.24. The van der Waals surface area contributed by atoms with Crippen molar-refractivity contribution in [2.45, 2.75) is 24.2 Å². The van der Waals surface area contributed by atoms with Gasteiger partial charge in [-0.25, -0.2) is 8.42 Å². The van der Waals surface area contributed by atoms with Crippen LogP contribution in [0.25, 0.3) is 22.0 Å². The summed E-state index contributed by atoms with van der Waals surface area (Å²) in [6.45, 7) is 0. The van der Waals surface area contributed by atoms with Crippen molar-refractivity contribution in [3.63, 3.8) is 0 Å². The predicted molar refractivity (Wildman–Crippen MR) is 98.7 cm³/mol. The van der Waals surface area contributed by atoms with Gasteiger partial charge in [-0.3, -0.25) is 4.79 Å². The molecule has 0 spiro atoms. The molecule has 128 valence electrons. The largest absolute Gasteiger partial charge is 0.341 e. The van der Waals surface area contributed by atoms with Crippen LogP contribution >= 0.6 is 0 Å². The maximum absolute atomic E-state index is 12.3. The number of sulfone groups is 1. The molecule has 0 radical (unpaired) electrons. The highest BCUT2D eigenvalue weighted by atomic mass is 32.2. The molecule has 4 rings (SSSR count). The zero-order chi connectivity index (χ0) is 17.8. The summed E-state index contributed by atoms with van der Waals surface area (Å²) in [7, 11) is -1.24. The van der Waals surface area contributed by atoms with E-state index in [1.54, 1.807) is 12.1 Å². The van der Waals surface area contributed by atoms with Crippen LogP contribution in [-0.2, 0) is 23.3 Å². The summed E-state index contributed by atoms with van der Waals surface area (Å²) in [6, 6.07) is 13.1. The van der Waals surface area contributed by atoms with Crippen molar-refractivity contribution < 1.29 is 13.2 Å². The fourth-order valence-electron chi connectivity index (χ4n) is 3.75. The Bertz CT molecular complexity index is 1110. The molecule has 3 aromatic rings. The lowest BCUT2D eigenvalue weighted by Crippen LogP contribution is -2.13. The Morgan fingerprint density at radius 2 is 1.64 bits per heavy atom. The minimum Gasteiger partial charge on any atom is -0.341 e. The summed E-state index contributed by atoms with van der Waals surface area (Å²) in [6.07, 6.45) is 3.66. The summed E-state index contributed by atoms with van der Waals surface area (Å²) in [5.41, 5.74) is 5.04. The Balaban J connectivity index is 1.86. The molecule has 0 fully saturated rings. The van der Waals surface area contributed by atoms with Gasteiger partial charge in [0.25, 0.3) is 0 Å². The van der Waals surface area contributed by atoms with Gasteiger partial charge in [-0.05, 0) is 53.8 Å². The molecule has 1 heterocycles. The van der Waals surface area contributed by atoms with Crippen molar-refractivity contribution in [3.8, 4) is 11.1 Å². The lowest BCUT2D eigenvalue weighted by molar-refractivity contribution is 0.0964. The van der Waals surface area contributed by atoms with Crippen molar-refractivity contribution >= 4 is 26.5 Å². The van der Waals surface area contributed by atoms with E-state index in [0.717, 1.165) is 46.1 Å². The molecule has 2 aromatic carbocycles. The molecular weight excluding hydrogens is 334 g/mol. The van der Waals surface area contributed by atoms with Crippen LogP contribution in [0.2, 0.25) is 0 Å². The number of rotatable bonds is 2. The molecule has 1 aliphatic rings. The van der Waals surface area contributed by atoms with Crippen molar-refractivity contribution in [2.75, 3.05) is 6.26 Å². The number of carbonyl (C=O) groups excluding carboxylic acids is 1. The Hall–Kier alpha value is -2.40. The number of ketones is 1. The fourth-order valence-corrected chi connectivity index (χ4v) is 4.38. The van der Waals surface area contributed by atoms with Gasteiger partial charge >= 0.3 is 0 Å². The molecule has 0 atom stereocenters. The van der Waals surface area contributed by atoms with Crippen LogP contribution in [0.1, 0.15) is 28.9 Å². The topological polar surface area (TPSA) is 56.1 Å². The molecule has 0 saturated heterocycles. The highest BCUT2D eigenvalue weighted by Crippen LogP contribution is 2.34. The molecule has 5 heteroatoms. The van der Waals surface area contributed by atoms with Crippen molar-refractivity contribution in [1.82, 2.24) is 4.57 Å².